The average Bonchev–Trinajstić information content (AvgIpc) is 2.52. The van der Waals surface area contributed by atoms with Gasteiger partial charge in [-0.05, 0) is 12.3 Å². The molecular weight excluding hydrogens is 284 g/mol. The first-order valence-electron chi connectivity index (χ1n) is 6.54. The van der Waals surface area contributed by atoms with Gasteiger partial charge in [-0.1, -0.05) is 30.3 Å². The summed E-state index contributed by atoms with van der Waals surface area (Å²) in [4.78, 5) is 35.8. The van der Waals surface area contributed by atoms with E-state index in [0.717, 1.165) is 6.21 Å². The number of benzene rings is 2. The third-order valence-corrected chi connectivity index (χ3v) is 3.65. The molecule has 0 heterocycles. The lowest BCUT2D eigenvalue weighted by molar-refractivity contribution is -0.385. The van der Waals surface area contributed by atoms with Gasteiger partial charge in [-0.2, -0.15) is 0 Å². The molecule has 0 aliphatic heterocycles. The maximum atomic E-state index is 12.6. The molecule has 0 atom stereocenters. The normalized spacial score (nSPS) is 12.5. The summed E-state index contributed by atoms with van der Waals surface area (Å²) in [7, 11) is 0. The third-order valence-electron chi connectivity index (χ3n) is 3.65. The molecule has 0 spiro atoms. The Balaban J connectivity index is 2.35. The number of nitrogens with one attached hydrogen (secondary N) is 1. The quantitative estimate of drug-likeness (QED) is 0.455. The van der Waals surface area contributed by atoms with Gasteiger partial charge in [0.25, 0.3) is 5.69 Å². The lowest BCUT2D eigenvalue weighted by atomic mass is 9.82. The number of ketones is 2. The number of carbonyl (C=O) groups excluding carboxylic acids is 2. The first-order chi connectivity index (χ1) is 10.6. The number of nitro groups is 1. The van der Waals surface area contributed by atoms with Gasteiger partial charge in [0.1, 0.15) is 5.56 Å². The Hall–Kier alpha value is -3.15. The zero-order chi connectivity index (χ0) is 15.9. The topological polar surface area (TPSA) is 101 Å². The summed E-state index contributed by atoms with van der Waals surface area (Å²) in [6.45, 7) is 0. The number of nitro benzene ring substituents is 1. The van der Waals surface area contributed by atoms with E-state index in [4.69, 9.17) is 5.41 Å². The Morgan fingerprint density at radius 3 is 2.23 bits per heavy atom. The molecule has 3 rings (SSSR count). The fourth-order valence-corrected chi connectivity index (χ4v) is 2.70. The summed E-state index contributed by atoms with van der Waals surface area (Å²) in [6, 6.07) is 9.15. The van der Waals surface area contributed by atoms with E-state index in [9.17, 15) is 19.7 Å². The van der Waals surface area contributed by atoms with Crippen LogP contribution in [0.2, 0.25) is 0 Å². The molecule has 0 aromatic heterocycles. The van der Waals surface area contributed by atoms with Crippen molar-refractivity contribution < 1.29 is 14.5 Å². The van der Waals surface area contributed by atoms with Gasteiger partial charge in [0.2, 0.25) is 5.78 Å². The number of hydrogen-bond acceptors (Lipinski definition) is 5. The van der Waals surface area contributed by atoms with Crippen molar-refractivity contribution in [2.75, 3.05) is 0 Å². The summed E-state index contributed by atoms with van der Waals surface area (Å²) in [6.07, 6.45) is 1.06. The molecular formula is C16H10N2O4. The number of carbonyl (C=O) groups is 2. The van der Waals surface area contributed by atoms with Crippen molar-refractivity contribution in [1.29, 1.82) is 5.41 Å². The van der Waals surface area contributed by atoms with Crippen LogP contribution >= 0.6 is 0 Å². The SMILES string of the molecule is N=CCc1ccc2c(c1[N+](=O)[O-])C(=O)c1ccccc1C2=O. The highest BCUT2D eigenvalue weighted by Crippen LogP contribution is 2.35. The van der Waals surface area contributed by atoms with Gasteiger partial charge < -0.3 is 5.41 Å². The van der Waals surface area contributed by atoms with Crippen LogP contribution in [0.5, 0.6) is 0 Å². The molecule has 0 saturated heterocycles. The molecule has 22 heavy (non-hydrogen) atoms. The van der Waals surface area contributed by atoms with E-state index in [-0.39, 0.29) is 39.9 Å². The van der Waals surface area contributed by atoms with Crippen molar-refractivity contribution in [2.45, 2.75) is 6.42 Å². The fourth-order valence-electron chi connectivity index (χ4n) is 2.70. The number of rotatable bonds is 3. The van der Waals surface area contributed by atoms with Gasteiger partial charge in [0, 0.05) is 28.7 Å². The molecule has 0 radical (unpaired) electrons. The maximum absolute atomic E-state index is 12.6. The van der Waals surface area contributed by atoms with E-state index in [0.29, 0.717) is 0 Å². The van der Waals surface area contributed by atoms with Crippen LogP contribution in [-0.4, -0.2) is 22.7 Å². The molecule has 1 aliphatic rings. The molecule has 0 saturated carbocycles. The molecule has 0 fully saturated rings. The Morgan fingerprint density at radius 2 is 1.64 bits per heavy atom. The molecule has 6 nitrogen and oxygen atoms in total. The minimum atomic E-state index is -0.656. The lowest BCUT2D eigenvalue weighted by Gasteiger charge is -2.18. The second-order valence-electron chi connectivity index (χ2n) is 4.87. The van der Waals surface area contributed by atoms with Crippen LogP contribution in [0.4, 0.5) is 5.69 Å². The number of nitrogens with zero attached hydrogens (tertiary/aromatic N) is 1. The molecule has 0 bridgehead atoms. The summed E-state index contributed by atoms with van der Waals surface area (Å²) in [5, 5.41) is 18.5. The number of hydrogen-bond donors (Lipinski definition) is 1. The van der Waals surface area contributed by atoms with Gasteiger partial charge in [-0.25, -0.2) is 0 Å². The molecule has 108 valence electrons. The molecule has 1 aliphatic carbocycles. The van der Waals surface area contributed by atoms with Gasteiger partial charge in [0.15, 0.2) is 5.78 Å². The molecule has 2 aromatic rings. The molecule has 2 aromatic carbocycles. The standard InChI is InChI=1S/C16H10N2O4/c17-8-7-9-5-6-12-13(14(9)18(21)22)16(20)11-4-2-1-3-10(11)15(12)19/h1-6,8,17H,7H2. The second-order valence-corrected chi connectivity index (χ2v) is 4.87. The van der Waals surface area contributed by atoms with E-state index in [1.807, 2.05) is 0 Å². The Bertz CT molecular complexity index is 855. The van der Waals surface area contributed by atoms with Gasteiger partial charge in [0.05, 0.1) is 4.92 Å². The second kappa shape index (κ2) is 5.00. The van der Waals surface area contributed by atoms with Crippen LogP contribution in [0.3, 0.4) is 0 Å². The van der Waals surface area contributed by atoms with Gasteiger partial charge >= 0.3 is 0 Å². The summed E-state index contributed by atoms with van der Waals surface area (Å²) < 4.78 is 0. The van der Waals surface area contributed by atoms with E-state index in [1.54, 1.807) is 12.1 Å². The van der Waals surface area contributed by atoms with E-state index in [1.165, 1.54) is 24.3 Å². The lowest BCUT2D eigenvalue weighted by Crippen LogP contribution is -2.22. The van der Waals surface area contributed by atoms with E-state index in [2.05, 4.69) is 0 Å². The van der Waals surface area contributed by atoms with Crippen LogP contribution < -0.4 is 0 Å². The van der Waals surface area contributed by atoms with Crippen molar-refractivity contribution in [3.8, 4) is 0 Å². The predicted octanol–water partition coefficient (Wildman–Crippen LogP) is 2.56. The molecule has 0 amide bonds. The van der Waals surface area contributed by atoms with Crippen LogP contribution in [0.1, 0.15) is 37.4 Å². The fraction of sp³-hybridized carbons (Fsp3) is 0.0625. The Kier molecular flexibility index (Phi) is 3.14. The van der Waals surface area contributed by atoms with Gasteiger partial charge in [-0.15, -0.1) is 0 Å². The van der Waals surface area contributed by atoms with E-state index < -0.39 is 16.5 Å². The van der Waals surface area contributed by atoms with E-state index >= 15 is 0 Å². The highest BCUT2D eigenvalue weighted by atomic mass is 16.6. The minimum absolute atomic E-state index is 0.0344. The zero-order valence-corrected chi connectivity index (χ0v) is 11.3. The number of fused-ring (bicyclic) bond motifs is 2. The van der Waals surface area contributed by atoms with Crippen molar-refractivity contribution >= 4 is 23.5 Å². The first-order valence-corrected chi connectivity index (χ1v) is 6.54. The van der Waals surface area contributed by atoms with Crippen molar-refractivity contribution in [2.24, 2.45) is 0 Å². The van der Waals surface area contributed by atoms with Crippen molar-refractivity contribution in [3.63, 3.8) is 0 Å². The Labute approximate surface area is 125 Å². The first kappa shape index (κ1) is 13.8. The van der Waals surface area contributed by atoms with Crippen LogP contribution in [0.25, 0.3) is 0 Å². The summed E-state index contributed by atoms with van der Waals surface area (Å²) in [5.41, 5.74) is 0.175. The highest BCUT2D eigenvalue weighted by Gasteiger charge is 2.36. The highest BCUT2D eigenvalue weighted by molar-refractivity contribution is 6.29. The zero-order valence-electron chi connectivity index (χ0n) is 11.3. The smallest absolute Gasteiger partial charge is 0.284 e. The summed E-state index contributed by atoms with van der Waals surface area (Å²) in [5.74, 6) is -0.918. The minimum Gasteiger partial charge on any atom is -0.313 e. The van der Waals surface area contributed by atoms with Crippen LogP contribution in [0, 0.1) is 15.5 Å². The van der Waals surface area contributed by atoms with Crippen LogP contribution in [0.15, 0.2) is 36.4 Å². The molecule has 1 N–H and O–H groups in total. The van der Waals surface area contributed by atoms with Crippen molar-refractivity contribution in [1.82, 2.24) is 0 Å². The monoisotopic (exact) mass is 294 g/mol. The Morgan fingerprint density at radius 1 is 1.00 bits per heavy atom. The predicted molar refractivity (Wildman–Crippen MR) is 78.9 cm³/mol. The van der Waals surface area contributed by atoms with Crippen molar-refractivity contribution in [3.05, 3.63) is 74.3 Å². The largest absolute Gasteiger partial charge is 0.313 e. The molecule has 0 unspecified atom stereocenters. The van der Waals surface area contributed by atoms with Gasteiger partial charge in [-0.3, -0.25) is 19.7 Å². The average molecular weight is 294 g/mol. The maximum Gasteiger partial charge on any atom is 0.284 e. The van der Waals surface area contributed by atoms with Crippen LogP contribution in [-0.2, 0) is 6.42 Å². The molecule has 6 heteroatoms. The summed E-state index contributed by atoms with van der Waals surface area (Å²) >= 11 is 0. The third kappa shape index (κ3) is 1.85.